The number of anilines is 1. The number of H-pyrrole nitrogens is 1. The second-order valence-electron chi connectivity index (χ2n) is 3.45. The largest absolute Gasteiger partial charge is 0.466 e. The van der Waals surface area contributed by atoms with Gasteiger partial charge in [0.05, 0.1) is 12.9 Å². The van der Waals surface area contributed by atoms with Crippen LogP contribution in [-0.4, -0.2) is 36.5 Å². The molecule has 15 heavy (non-hydrogen) atoms. The van der Waals surface area contributed by atoms with Gasteiger partial charge in [-0.1, -0.05) is 13.8 Å². The highest BCUT2D eigenvalue weighted by molar-refractivity contribution is 7.92. The third-order valence-electron chi connectivity index (χ3n) is 1.45. The number of rotatable bonds is 5. The summed E-state index contributed by atoms with van der Waals surface area (Å²) in [7, 11) is -1.97. The van der Waals surface area contributed by atoms with Crippen LogP contribution in [-0.2, 0) is 10.0 Å². The minimum Gasteiger partial charge on any atom is -0.466 e. The maximum Gasteiger partial charge on any atom is 0.336 e. The molecular formula is C7H14N4O3S. The molecule has 1 aromatic heterocycles. The van der Waals surface area contributed by atoms with E-state index in [-0.39, 0.29) is 23.6 Å². The van der Waals surface area contributed by atoms with E-state index in [1.54, 1.807) is 0 Å². The van der Waals surface area contributed by atoms with Crippen LogP contribution in [0.2, 0.25) is 0 Å². The zero-order valence-corrected chi connectivity index (χ0v) is 9.63. The van der Waals surface area contributed by atoms with Gasteiger partial charge >= 0.3 is 6.01 Å². The quantitative estimate of drug-likeness (QED) is 0.759. The van der Waals surface area contributed by atoms with Gasteiger partial charge in [0.2, 0.25) is 16.0 Å². The summed E-state index contributed by atoms with van der Waals surface area (Å²) in [6.07, 6.45) is 0. The molecule has 0 fully saturated rings. The van der Waals surface area contributed by atoms with Crippen molar-refractivity contribution in [3.05, 3.63) is 0 Å². The molecule has 0 bridgehead atoms. The fourth-order valence-corrected chi connectivity index (χ4v) is 2.36. The predicted molar refractivity (Wildman–Crippen MR) is 55.2 cm³/mol. The lowest BCUT2D eigenvalue weighted by molar-refractivity contribution is 0.382. The molecule has 7 nitrogen and oxygen atoms in total. The Morgan fingerprint density at radius 1 is 1.53 bits per heavy atom. The molecule has 0 atom stereocenters. The van der Waals surface area contributed by atoms with Crippen LogP contribution in [0.25, 0.3) is 0 Å². The first-order chi connectivity index (χ1) is 6.93. The molecule has 1 aromatic rings. The van der Waals surface area contributed by atoms with E-state index >= 15 is 0 Å². The number of sulfonamides is 1. The molecule has 0 saturated heterocycles. The van der Waals surface area contributed by atoms with Gasteiger partial charge in [-0.05, 0) is 5.92 Å². The predicted octanol–water partition coefficient (Wildman–Crippen LogP) is 0.211. The lowest BCUT2D eigenvalue weighted by Gasteiger charge is -2.06. The topological polar surface area (TPSA) is 97.0 Å². The molecule has 0 aromatic carbocycles. The van der Waals surface area contributed by atoms with Gasteiger partial charge in [-0.2, -0.15) is 4.98 Å². The zero-order valence-electron chi connectivity index (χ0n) is 8.81. The Labute approximate surface area is 88.3 Å². The Morgan fingerprint density at radius 3 is 2.67 bits per heavy atom. The van der Waals surface area contributed by atoms with Gasteiger partial charge in [-0.25, -0.2) is 13.5 Å². The Hall–Kier alpha value is -1.31. The molecule has 0 saturated carbocycles. The van der Waals surface area contributed by atoms with E-state index in [2.05, 4.69) is 19.9 Å². The molecule has 1 heterocycles. The minimum absolute atomic E-state index is 0.0377. The third-order valence-corrected chi connectivity index (χ3v) is 3.06. The normalized spacial score (nSPS) is 11.7. The summed E-state index contributed by atoms with van der Waals surface area (Å²) in [5.41, 5.74) is 0. The molecule has 0 amide bonds. The fourth-order valence-electron chi connectivity index (χ4n) is 1.01. The Morgan fingerprint density at radius 2 is 2.20 bits per heavy atom. The van der Waals surface area contributed by atoms with Crippen molar-refractivity contribution in [3.63, 3.8) is 0 Å². The van der Waals surface area contributed by atoms with Gasteiger partial charge in [0.15, 0.2) is 0 Å². The van der Waals surface area contributed by atoms with Crippen LogP contribution in [0.4, 0.5) is 5.95 Å². The molecule has 0 aliphatic rings. The van der Waals surface area contributed by atoms with E-state index < -0.39 is 10.0 Å². The highest BCUT2D eigenvalue weighted by Crippen LogP contribution is 2.08. The standard InChI is InChI=1S/C7H14N4O3S/c1-5(2)4-15(12,13)11-6-8-7(14-3)10-9-6/h5H,4H2,1-3H3,(H2,8,9,10,11). The first-order valence-electron chi connectivity index (χ1n) is 4.40. The van der Waals surface area contributed by atoms with Crippen LogP contribution in [0.3, 0.4) is 0 Å². The van der Waals surface area contributed by atoms with Gasteiger partial charge in [0, 0.05) is 0 Å². The number of ether oxygens (including phenoxy) is 1. The summed E-state index contributed by atoms with van der Waals surface area (Å²) >= 11 is 0. The van der Waals surface area contributed by atoms with Crippen LogP contribution in [0.5, 0.6) is 6.01 Å². The van der Waals surface area contributed by atoms with Crippen molar-refractivity contribution in [2.24, 2.45) is 5.92 Å². The van der Waals surface area contributed by atoms with Gasteiger partial charge in [0.1, 0.15) is 0 Å². The van der Waals surface area contributed by atoms with Crippen molar-refractivity contribution in [1.29, 1.82) is 0 Å². The highest BCUT2D eigenvalue weighted by Gasteiger charge is 2.15. The molecule has 86 valence electrons. The first kappa shape index (κ1) is 11.8. The number of aromatic nitrogens is 3. The second-order valence-corrected chi connectivity index (χ2v) is 5.21. The fraction of sp³-hybridized carbons (Fsp3) is 0.714. The van der Waals surface area contributed by atoms with E-state index in [0.717, 1.165) is 0 Å². The van der Waals surface area contributed by atoms with Crippen LogP contribution in [0, 0.1) is 5.92 Å². The van der Waals surface area contributed by atoms with Crippen molar-refractivity contribution < 1.29 is 13.2 Å². The van der Waals surface area contributed by atoms with Crippen LogP contribution in [0.15, 0.2) is 0 Å². The summed E-state index contributed by atoms with van der Waals surface area (Å²) in [6, 6.07) is 0.0947. The summed E-state index contributed by atoms with van der Waals surface area (Å²) < 4.78 is 29.9. The third kappa shape index (κ3) is 3.74. The van der Waals surface area contributed by atoms with Crippen molar-refractivity contribution in [2.45, 2.75) is 13.8 Å². The van der Waals surface area contributed by atoms with Crippen LogP contribution >= 0.6 is 0 Å². The Bertz CT molecular complexity index is 412. The molecule has 1 rings (SSSR count). The van der Waals surface area contributed by atoms with Gasteiger partial charge in [-0.15, -0.1) is 5.10 Å². The maximum atomic E-state index is 11.5. The molecule has 0 radical (unpaired) electrons. The molecule has 0 unspecified atom stereocenters. The highest BCUT2D eigenvalue weighted by atomic mass is 32.2. The van der Waals surface area contributed by atoms with Crippen molar-refractivity contribution in [2.75, 3.05) is 17.6 Å². The summed E-state index contributed by atoms with van der Waals surface area (Å²) in [5, 5.41) is 6.02. The number of hydrogen-bond donors (Lipinski definition) is 2. The van der Waals surface area contributed by atoms with Crippen LogP contribution < -0.4 is 9.46 Å². The molecule has 0 aliphatic carbocycles. The summed E-state index contributed by atoms with van der Waals surface area (Å²) in [5.74, 6) is 0.149. The lowest BCUT2D eigenvalue weighted by Crippen LogP contribution is -2.20. The van der Waals surface area contributed by atoms with Crippen LogP contribution in [0.1, 0.15) is 13.8 Å². The van der Waals surface area contributed by atoms with E-state index in [1.165, 1.54) is 7.11 Å². The number of nitrogens with zero attached hydrogens (tertiary/aromatic N) is 2. The molecular weight excluding hydrogens is 220 g/mol. The van der Waals surface area contributed by atoms with E-state index in [1.807, 2.05) is 13.8 Å². The van der Waals surface area contributed by atoms with Gasteiger partial charge in [0.25, 0.3) is 0 Å². The average molecular weight is 234 g/mol. The van der Waals surface area contributed by atoms with E-state index in [0.29, 0.717) is 0 Å². The van der Waals surface area contributed by atoms with Gasteiger partial charge < -0.3 is 4.74 Å². The van der Waals surface area contributed by atoms with Crippen molar-refractivity contribution in [1.82, 2.24) is 15.2 Å². The minimum atomic E-state index is -3.37. The number of hydrogen-bond acceptors (Lipinski definition) is 5. The molecule has 8 heteroatoms. The first-order valence-corrected chi connectivity index (χ1v) is 6.05. The number of aromatic amines is 1. The maximum absolute atomic E-state index is 11.5. The summed E-state index contributed by atoms with van der Waals surface area (Å²) in [4.78, 5) is 3.74. The molecule has 0 spiro atoms. The zero-order chi connectivity index (χ0) is 11.5. The monoisotopic (exact) mass is 234 g/mol. The van der Waals surface area contributed by atoms with Gasteiger partial charge in [-0.3, -0.25) is 4.72 Å². The lowest BCUT2D eigenvalue weighted by atomic mass is 10.3. The van der Waals surface area contributed by atoms with E-state index in [4.69, 9.17) is 4.74 Å². The number of nitrogens with one attached hydrogen (secondary N) is 2. The van der Waals surface area contributed by atoms with Crippen molar-refractivity contribution in [3.8, 4) is 6.01 Å². The number of methoxy groups -OCH3 is 1. The summed E-state index contributed by atoms with van der Waals surface area (Å²) in [6.45, 7) is 3.64. The molecule has 0 aliphatic heterocycles. The Kier molecular flexibility index (Phi) is 3.51. The van der Waals surface area contributed by atoms with E-state index in [9.17, 15) is 8.42 Å². The SMILES string of the molecule is COc1n[nH]c(NS(=O)(=O)CC(C)C)n1. The molecule has 2 N–H and O–H groups in total. The smallest absolute Gasteiger partial charge is 0.336 e. The Balaban J connectivity index is 2.69. The second kappa shape index (κ2) is 4.47. The average Bonchev–Trinajstić information content (AvgIpc) is 2.48. The van der Waals surface area contributed by atoms with Crippen molar-refractivity contribution >= 4 is 16.0 Å².